The molecule has 0 aromatic heterocycles. The van der Waals surface area contributed by atoms with E-state index in [1.807, 2.05) is 0 Å². The number of amides is 1. The van der Waals surface area contributed by atoms with Crippen molar-refractivity contribution in [2.45, 2.75) is 6.54 Å². The Morgan fingerprint density at radius 3 is 2.62 bits per heavy atom. The first-order chi connectivity index (χ1) is 9.97. The topological polar surface area (TPSA) is 37.4 Å². The number of halogens is 3. The van der Waals surface area contributed by atoms with Crippen molar-refractivity contribution >= 4 is 44.9 Å². The Morgan fingerprint density at radius 1 is 1.14 bits per heavy atom. The molecule has 1 heterocycles. The Labute approximate surface area is 133 Å². The minimum atomic E-state index is -0.608. The standard InChI is InChI=1S/C15H8BrClFNO2/c16-9-2-4-11-13(5-9)19(15(21)14(11)20)7-8-1-3-10(18)6-12(8)17/h1-6H,7H2. The summed E-state index contributed by atoms with van der Waals surface area (Å²) >= 11 is 9.30. The van der Waals surface area contributed by atoms with Crippen LogP contribution in [0.5, 0.6) is 0 Å². The van der Waals surface area contributed by atoms with Crippen LogP contribution in [0.15, 0.2) is 40.9 Å². The van der Waals surface area contributed by atoms with Crippen molar-refractivity contribution in [2.75, 3.05) is 4.90 Å². The van der Waals surface area contributed by atoms with Crippen LogP contribution in [-0.4, -0.2) is 11.7 Å². The maximum Gasteiger partial charge on any atom is 0.299 e. The van der Waals surface area contributed by atoms with Gasteiger partial charge in [-0.15, -0.1) is 0 Å². The van der Waals surface area contributed by atoms with E-state index in [0.717, 1.165) is 4.47 Å². The second-order valence-electron chi connectivity index (χ2n) is 4.62. The number of rotatable bonds is 2. The molecular formula is C15H8BrClFNO2. The number of carbonyl (C=O) groups is 2. The Bertz CT molecular complexity index is 778. The van der Waals surface area contributed by atoms with Gasteiger partial charge in [0.1, 0.15) is 5.82 Å². The minimum Gasteiger partial charge on any atom is -0.300 e. The largest absolute Gasteiger partial charge is 0.300 e. The number of Topliss-reactive ketones (excluding diaryl/α,β-unsaturated/α-hetero) is 1. The van der Waals surface area contributed by atoms with Gasteiger partial charge < -0.3 is 4.90 Å². The summed E-state index contributed by atoms with van der Waals surface area (Å²) in [5, 5.41) is 0.221. The Hall–Kier alpha value is -1.72. The van der Waals surface area contributed by atoms with E-state index >= 15 is 0 Å². The highest BCUT2D eigenvalue weighted by Gasteiger charge is 2.36. The lowest BCUT2D eigenvalue weighted by Gasteiger charge is -2.17. The molecule has 0 fully saturated rings. The molecule has 2 aromatic carbocycles. The van der Waals surface area contributed by atoms with Crippen LogP contribution in [0.1, 0.15) is 15.9 Å². The molecule has 0 atom stereocenters. The molecule has 3 nitrogen and oxygen atoms in total. The lowest BCUT2D eigenvalue weighted by molar-refractivity contribution is -0.114. The highest BCUT2D eigenvalue weighted by Crippen LogP contribution is 2.33. The molecule has 0 bridgehead atoms. The maximum absolute atomic E-state index is 13.1. The number of hydrogen-bond acceptors (Lipinski definition) is 2. The smallest absolute Gasteiger partial charge is 0.299 e. The van der Waals surface area contributed by atoms with E-state index in [1.165, 1.54) is 23.1 Å². The quantitative estimate of drug-likeness (QED) is 0.752. The number of nitrogens with zero attached hydrogens (tertiary/aromatic N) is 1. The molecule has 3 rings (SSSR count). The van der Waals surface area contributed by atoms with Gasteiger partial charge in [-0.05, 0) is 35.9 Å². The first kappa shape index (κ1) is 14.2. The number of fused-ring (bicyclic) bond motifs is 1. The normalized spacial score (nSPS) is 13.8. The monoisotopic (exact) mass is 367 g/mol. The number of hydrogen-bond donors (Lipinski definition) is 0. The summed E-state index contributed by atoms with van der Waals surface area (Å²) in [6.45, 7) is 0.118. The molecule has 106 valence electrons. The number of benzene rings is 2. The number of ketones is 1. The molecule has 0 saturated carbocycles. The van der Waals surface area contributed by atoms with E-state index in [0.29, 0.717) is 16.8 Å². The molecule has 0 spiro atoms. The van der Waals surface area contributed by atoms with Gasteiger partial charge in [0.25, 0.3) is 11.7 Å². The Morgan fingerprint density at radius 2 is 1.90 bits per heavy atom. The molecule has 0 radical (unpaired) electrons. The average molecular weight is 369 g/mol. The molecule has 21 heavy (non-hydrogen) atoms. The first-order valence-corrected chi connectivity index (χ1v) is 7.24. The van der Waals surface area contributed by atoms with Crippen molar-refractivity contribution in [1.29, 1.82) is 0 Å². The fourth-order valence-corrected chi connectivity index (χ4v) is 2.82. The van der Waals surface area contributed by atoms with Crippen molar-refractivity contribution in [3.63, 3.8) is 0 Å². The third kappa shape index (κ3) is 2.47. The van der Waals surface area contributed by atoms with Gasteiger partial charge in [0.15, 0.2) is 0 Å². The van der Waals surface area contributed by atoms with E-state index < -0.39 is 17.5 Å². The van der Waals surface area contributed by atoms with E-state index in [1.54, 1.807) is 18.2 Å². The van der Waals surface area contributed by atoms with Crippen LogP contribution in [0.4, 0.5) is 10.1 Å². The second kappa shape index (κ2) is 5.24. The van der Waals surface area contributed by atoms with Crippen molar-refractivity contribution in [3.05, 3.63) is 62.8 Å². The highest BCUT2D eigenvalue weighted by molar-refractivity contribution is 9.10. The lowest BCUT2D eigenvalue weighted by atomic mass is 10.1. The van der Waals surface area contributed by atoms with Crippen LogP contribution in [0.25, 0.3) is 0 Å². The van der Waals surface area contributed by atoms with E-state index in [4.69, 9.17) is 11.6 Å². The molecule has 1 aliphatic heterocycles. The second-order valence-corrected chi connectivity index (χ2v) is 5.94. The van der Waals surface area contributed by atoms with Gasteiger partial charge in [0, 0.05) is 9.50 Å². The average Bonchev–Trinajstić information content (AvgIpc) is 2.66. The van der Waals surface area contributed by atoms with Crippen LogP contribution >= 0.6 is 27.5 Å². The SMILES string of the molecule is O=C1C(=O)N(Cc2ccc(F)cc2Cl)c2cc(Br)ccc21. The molecule has 6 heteroatoms. The van der Waals surface area contributed by atoms with Crippen LogP contribution in [0.3, 0.4) is 0 Å². The highest BCUT2D eigenvalue weighted by atomic mass is 79.9. The van der Waals surface area contributed by atoms with Crippen molar-refractivity contribution in [3.8, 4) is 0 Å². The molecule has 0 unspecified atom stereocenters. The van der Waals surface area contributed by atoms with E-state index in [9.17, 15) is 14.0 Å². The van der Waals surface area contributed by atoms with Crippen LogP contribution < -0.4 is 4.90 Å². The first-order valence-electron chi connectivity index (χ1n) is 6.07. The molecule has 0 aliphatic carbocycles. The van der Waals surface area contributed by atoms with Crippen molar-refractivity contribution in [2.24, 2.45) is 0 Å². The zero-order chi connectivity index (χ0) is 15.1. The van der Waals surface area contributed by atoms with Crippen LogP contribution in [0.2, 0.25) is 5.02 Å². The third-order valence-electron chi connectivity index (χ3n) is 3.28. The summed E-state index contributed by atoms with van der Waals surface area (Å²) in [5.74, 6) is -1.60. The van der Waals surface area contributed by atoms with Gasteiger partial charge in [-0.1, -0.05) is 33.6 Å². The molecule has 0 N–H and O–H groups in total. The van der Waals surface area contributed by atoms with Gasteiger partial charge >= 0.3 is 0 Å². The van der Waals surface area contributed by atoms with Crippen LogP contribution in [0, 0.1) is 5.82 Å². The third-order valence-corrected chi connectivity index (χ3v) is 4.12. The molecule has 1 amide bonds. The predicted octanol–water partition coefficient (Wildman–Crippen LogP) is 3.97. The zero-order valence-electron chi connectivity index (χ0n) is 10.6. The van der Waals surface area contributed by atoms with E-state index in [-0.39, 0.29) is 11.6 Å². The maximum atomic E-state index is 13.1. The summed E-state index contributed by atoms with van der Waals surface area (Å²) in [6, 6.07) is 8.97. The van der Waals surface area contributed by atoms with Crippen molar-refractivity contribution < 1.29 is 14.0 Å². The predicted molar refractivity (Wildman–Crippen MR) is 81.1 cm³/mol. The summed E-state index contributed by atoms with van der Waals surface area (Å²) in [7, 11) is 0. The summed E-state index contributed by atoms with van der Waals surface area (Å²) < 4.78 is 13.8. The fourth-order valence-electron chi connectivity index (χ4n) is 2.24. The van der Waals surface area contributed by atoms with E-state index in [2.05, 4.69) is 15.9 Å². The van der Waals surface area contributed by atoms with Gasteiger partial charge in [-0.3, -0.25) is 9.59 Å². The number of anilines is 1. The molecule has 2 aromatic rings. The van der Waals surface area contributed by atoms with Gasteiger partial charge in [-0.2, -0.15) is 0 Å². The molecule has 0 saturated heterocycles. The van der Waals surface area contributed by atoms with Gasteiger partial charge in [0.05, 0.1) is 17.8 Å². The summed E-state index contributed by atoms with van der Waals surface area (Å²) in [4.78, 5) is 25.4. The van der Waals surface area contributed by atoms with Gasteiger partial charge in [-0.25, -0.2) is 4.39 Å². The Kier molecular flexibility index (Phi) is 3.55. The minimum absolute atomic E-state index is 0.118. The molecule has 1 aliphatic rings. The summed E-state index contributed by atoms with van der Waals surface area (Å²) in [5.41, 5.74) is 1.47. The zero-order valence-corrected chi connectivity index (χ0v) is 12.9. The van der Waals surface area contributed by atoms with Crippen LogP contribution in [-0.2, 0) is 11.3 Å². The summed E-state index contributed by atoms with van der Waals surface area (Å²) in [6.07, 6.45) is 0. The van der Waals surface area contributed by atoms with Gasteiger partial charge in [0.2, 0.25) is 0 Å². The lowest BCUT2D eigenvalue weighted by Crippen LogP contribution is -2.29. The van der Waals surface area contributed by atoms with Crippen molar-refractivity contribution in [1.82, 2.24) is 0 Å². The number of carbonyl (C=O) groups excluding carboxylic acids is 2. The fraction of sp³-hybridized carbons (Fsp3) is 0.0667. The Balaban J connectivity index is 2.02. The molecular weight excluding hydrogens is 361 g/mol.